The Labute approximate surface area is 115 Å². The lowest BCUT2D eigenvalue weighted by molar-refractivity contribution is 0.414. The van der Waals surface area contributed by atoms with Crippen molar-refractivity contribution in [1.29, 1.82) is 0 Å². The van der Waals surface area contributed by atoms with Crippen LogP contribution in [0, 0.1) is 0 Å². The lowest BCUT2D eigenvalue weighted by atomic mass is 10.1. The molecule has 2 aromatic heterocycles. The van der Waals surface area contributed by atoms with Crippen LogP contribution in [-0.2, 0) is 6.42 Å². The molecule has 0 aliphatic carbocycles. The van der Waals surface area contributed by atoms with Crippen LogP contribution in [0.3, 0.4) is 0 Å². The third kappa shape index (κ3) is 2.20. The molecule has 0 aliphatic heterocycles. The molecule has 0 unspecified atom stereocenters. The molecular weight excluding hydrogens is 256 g/mol. The van der Waals surface area contributed by atoms with Gasteiger partial charge in [-0.05, 0) is 17.7 Å². The van der Waals surface area contributed by atoms with Crippen molar-refractivity contribution in [3.05, 3.63) is 41.6 Å². The zero-order valence-corrected chi connectivity index (χ0v) is 10.9. The fourth-order valence-corrected chi connectivity index (χ4v) is 2.02. The van der Waals surface area contributed by atoms with Crippen LogP contribution in [0.4, 0.5) is 11.9 Å². The van der Waals surface area contributed by atoms with E-state index in [2.05, 4.69) is 15.1 Å². The maximum absolute atomic E-state index is 5.84. The summed E-state index contributed by atoms with van der Waals surface area (Å²) >= 11 is 0. The molecule has 7 heteroatoms. The number of benzene rings is 1. The maximum atomic E-state index is 5.84. The number of anilines is 2. The molecule has 0 saturated heterocycles. The molecule has 3 aromatic rings. The number of methoxy groups -OCH3 is 1. The minimum absolute atomic E-state index is 0.181. The fraction of sp³-hybridized carbons (Fsp3) is 0.154. The van der Waals surface area contributed by atoms with Gasteiger partial charge in [0.05, 0.1) is 12.8 Å². The van der Waals surface area contributed by atoms with Crippen LogP contribution in [0.2, 0.25) is 0 Å². The summed E-state index contributed by atoms with van der Waals surface area (Å²) in [6.45, 7) is 0. The zero-order chi connectivity index (χ0) is 14.1. The second-order valence-corrected chi connectivity index (χ2v) is 4.37. The van der Waals surface area contributed by atoms with Crippen molar-refractivity contribution in [1.82, 2.24) is 19.6 Å². The molecule has 3 rings (SSSR count). The van der Waals surface area contributed by atoms with E-state index < -0.39 is 0 Å². The van der Waals surface area contributed by atoms with Crippen molar-refractivity contribution in [3.8, 4) is 5.75 Å². The zero-order valence-electron chi connectivity index (χ0n) is 10.9. The molecule has 0 radical (unpaired) electrons. The largest absolute Gasteiger partial charge is 0.497 e. The molecule has 7 nitrogen and oxygen atoms in total. The van der Waals surface area contributed by atoms with Crippen molar-refractivity contribution in [2.45, 2.75) is 6.42 Å². The smallest absolute Gasteiger partial charge is 0.240 e. The van der Waals surface area contributed by atoms with E-state index >= 15 is 0 Å². The van der Waals surface area contributed by atoms with Gasteiger partial charge in [0, 0.05) is 12.5 Å². The Bertz CT molecular complexity index is 749. The number of hydrogen-bond acceptors (Lipinski definition) is 6. The van der Waals surface area contributed by atoms with E-state index in [1.807, 2.05) is 30.3 Å². The SMILES string of the molecule is COc1ccc(Cc2cc3nc(N)nn3c(N)n2)cc1. The lowest BCUT2D eigenvalue weighted by Gasteiger charge is -2.05. The topological polar surface area (TPSA) is 104 Å². The van der Waals surface area contributed by atoms with Crippen LogP contribution in [-0.4, -0.2) is 26.7 Å². The summed E-state index contributed by atoms with van der Waals surface area (Å²) in [5.41, 5.74) is 13.9. The van der Waals surface area contributed by atoms with E-state index in [1.54, 1.807) is 7.11 Å². The van der Waals surface area contributed by atoms with Crippen LogP contribution < -0.4 is 16.2 Å². The summed E-state index contributed by atoms with van der Waals surface area (Å²) < 4.78 is 6.55. The quantitative estimate of drug-likeness (QED) is 0.732. The minimum atomic E-state index is 0.181. The van der Waals surface area contributed by atoms with Crippen molar-refractivity contribution in [2.24, 2.45) is 0 Å². The first-order chi connectivity index (χ1) is 9.65. The molecule has 0 atom stereocenters. The van der Waals surface area contributed by atoms with Gasteiger partial charge in [-0.3, -0.25) is 0 Å². The summed E-state index contributed by atoms with van der Waals surface area (Å²) in [5, 5.41) is 3.96. The Morgan fingerprint density at radius 1 is 1.15 bits per heavy atom. The van der Waals surface area contributed by atoms with Crippen molar-refractivity contribution < 1.29 is 4.74 Å². The Morgan fingerprint density at radius 3 is 2.60 bits per heavy atom. The number of nitrogen functional groups attached to an aromatic ring is 2. The van der Waals surface area contributed by atoms with E-state index in [4.69, 9.17) is 16.2 Å². The number of fused-ring (bicyclic) bond motifs is 1. The Balaban J connectivity index is 1.93. The summed E-state index contributed by atoms with van der Waals surface area (Å²) in [5.74, 6) is 1.28. The normalized spacial score (nSPS) is 10.8. The van der Waals surface area contributed by atoms with E-state index in [-0.39, 0.29) is 11.9 Å². The van der Waals surface area contributed by atoms with Gasteiger partial charge in [-0.1, -0.05) is 12.1 Å². The molecule has 102 valence electrons. The number of nitrogens with zero attached hydrogens (tertiary/aromatic N) is 4. The summed E-state index contributed by atoms with van der Waals surface area (Å²) in [6, 6.07) is 9.61. The second-order valence-electron chi connectivity index (χ2n) is 4.37. The number of ether oxygens (including phenoxy) is 1. The van der Waals surface area contributed by atoms with E-state index in [9.17, 15) is 0 Å². The number of rotatable bonds is 3. The standard InChI is InChI=1S/C13H14N6O/c1-20-10-4-2-8(3-5-10)6-9-7-11-17-12(14)18-19(11)13(15)16-9/h2-5,7H,6H2,1H3,(H2,14,18)(H2,15,16). The minimum Gasteiger partial charge on any atom is -0.497 e. The van der Waals surface area contributed by atoms with Crippen LogP contribution in [0.5, 0.6) is 5.75 Å². The molecule has 0 spiro atoms. The third-order valence-electron chi connectivity index (χ3n) is 2.96. The Morgan fingerprint density at radius 2 is 1.90 bits per heavy atom. The highest BCUT2D eigenvalue weighted by atomic mass is 16.5. The molecule has 0 fully saturated rings. The van der Waals surface area contributed by atoms with E-state index in [0.717, 1.165) is 17.0 Å². The number of hydrogen-bond donors (Lipinski definition) is 2. The van der Waals surface area contributed by atoms with Gasteiger partial charge < -0.3 is 16.2 Å². The summed E-state index contributed by atoms with van der Waals surface area (Å²) in [4.78, 5) is 8.40. The van der Waals surface area contributed by atoms with Crippen molar-refractivity contribution in [2.75, 3.05) is 18.6 Å². The molecule has 4 N–H and O–H groups in total. The maximum Gasteiger partial charge on any atom is 0.240 e. The number of nitrogens with two attached hydrogens (primary N) is 2. The van der Waals surface area contributed by atoms with Crippen molar-refractivity contribution in [3.63, 3.8) is 0 Å². The van der Waals surface area contributed by atoms with Gasteiger partial charge in [-0.15, -0.1) is 5.10 Å². The molecule has 0 bridgehead atoms. The van der Waals surface area contributed by atoms with Crippen LogP contribution in [0.1, 0.15) is 11.3 Å². The highest BCUT2D eigenvalue weighted by Crippen LogP contribution is 2.16. The van der Waals surface area contributed by atoms with Gasteiger partial charge in [0.2, 0.25) is 11.9 Å². The molecule has 0 amide bonds. The van der Waals surface area contributed by atoms with Crippen LogP contribution in [0.15, 0.2) is 30.3 Å². The van der Waals surface area contributed by atoms with Crippen molar-refractivity contribution >= 4 is 17.5 Å². The fourth-order valence-electron chi connectivity index (χ4n) is 2.02. The third-order valence-corrected chi connectivity index (χ3v) is 2.96. The molecule has 2 heterocycles. The summed E-state index contributed by atoms with van der Waals surface area (Å²) in [6.07, 6.45) is 0.650. The van der Waals surface area contributed by atoms with Gasteiger partial charge in [-0.25, -0.2) is 4.98 Å². The highest BCUT2D eigenvalue weighted by molar-refractivity contribution is 5.48. The van der Waals surface area contributed by atoms with Gasteiger partial charge >= 0.3 is 0 Å². The lowest BCUT2D eigenvalue weighted by Crippen LogP contribution is -2.05. The predicted molar refractivity (Wildman–Crippen MR) is 75.4 cm³/mol. The van der Waals surface area contributed by atoms with Gasteiger partial charge in [-0.2, -0.15) is 9.50 Å². The molecule has 0 aliphatic rings. The monoisotopic (exact) mass is 270 g/mol. The van der Waals surface area contributed by atoms with E-state index in [1.165, 1.54) is 4.52 Å². The van der Waals surface area contributed by atoms with Gasteiger partial charge in [0.25, 0.3) is 0 Å². The molecular formula is C13H14N6O. The molecule has 20 heavy (non-hydrogen) atoms. The average Bonchev–Trinajstić information content (AvgIpc) is 2.81. The Kier molecular flexibility index (Phi) is 2.86. The van der Waals surface area contributed by atoms with Crippen LogP contribution >= 0.6 is 0 Å². The first kappa shape index (κ1) is 12.2. The van der Waals surface area contributed by atoms with Gasteiger partial charge in [0.1, 0.15) is 5.75 Å². The first-order valence-electron chi connectivity index (χ1n) is 6.06. The highest BCUT2D eigenvalue weighted by Gasteiger charge is 2.08. The second kappa shape index (κ2) is 4.69. The van der Waals surface area contributed by atoms with E-state index in [0.29, 0.717) is 12.1 Å². The average molecular weight is 270 g/mol. The Hall–Kier alpha value is -2.83. The van der Waals surface area contributed by atoms with Crippen LogP contribution in [0.25, 0.3) is 5.65 Å². The van der Waals surface area contributed by atoms with Gasteiger partial charge in [0.15, 0.2) is 5.65 Å². The number of aromatic nitrogens is 4. The first-order valence-corrected chi connectivity index (χ1v) is 6.06. The summed E-state index contributed by atoms with van der Waals surface area (Å²) in [7, 11) is 1.64. The predicted octanol–water partition coefficient (Wildman–Crippen LogP) is 0.888. The molecule has 1 aromatic carbocycles. The molecule has 0 saturated carbocycles.